The number of benzene rings is 1. The summed E-state index contributed by atoms with van der Waals surface area (Å²) in [5.41, 5.74) is 0.432. The van der Waals surface area contributed by atoms with Gasteiger partial charge in [0.1, 0.15) is 11.6 Å². The van der Waals surface area contributed by atoms with Crippen LogP contribution in [0.5, 0.6) is 11.5 Å². The van der Waals surface area contributed by atoms with E-state index in [0.717, 1.165) is 0 Å². The first-order chi connectivity index (χ1) is 8.12. The lowest BCUT2D eigenvalue weighted by molar-refractivity contribution is -0.135. The molecule has 0 aliphatic heterocycles. The van der Waals surface area contributed by atoms with Crippen LogP contribution in [0.4, 0.5) is 0 Å². The van der Waals surface area contributed by atoms with Gasteiger partial charge < -0.3 is 14.6 Å². The molecule has 0 atom stereocenters. The van der Waals surface area contributed by atoms with Gasteiger partial charge in [-0.3, -0.25) is 0 Å². The van der Waals surface area contributed by atoms with Crippen molar-refractivity contribution in [3.05, 3.63) is 29.3 Å². The lowest BCUT2D eigenvalue weighted by Crippen LogP contribution is -2.02. The van der Waals surface area contributed by atoms with Crippen molar-refractivity contribution in [1.82, 2.24) is 0 Å². The number of aromatic hydroxyl groups is 1. The van der Waals surface area contributed by atoms with Gasteiger partial charge in [-0.25, -0.2) is 4.79 Å². The molecule has 88 valence electrons. The molecule has 0 aliphatic rings. The Morgan fingerprint density at radius 3 is 2.71 bits per heavy atom. The summed E-state index contributed by atoms with van der Waals surface area (Å²) in [6.45, 7) is 0. The Hall–Kier alpha value is -2.48. The van der Waals surface area contributed by atoms with Crippen molar-refractivity contribution in [2.75, 3.05) is 14.2 Å². The van der Waals surface area contributed by atoms with Crippen molar-refractivity contribution in [2.24, 2.45) is 0 Å². The van der Waals surface area contributed by atoms with Gasteiger partial charge >= 0.3 is 5.97 Å². The van der Waals surface area contributed by atoms with E-state index in [1.807, 2.05) is 0 Å². The van der Waals surface area contributed by atoms with E-state index in [1.54, 1.807) is 12.1 Å². The number of rotatable bonds is 3. The number of hydrogen-bond acceptors (Lipinski definition) is 5. The van der Waals surface area contributed by atoms with Crippen molar-refractivity contribution in [2.45, 2.75) is 0 Å². The second kappa shape index (κ2) is 5.56. The van der Waals surface area contributed by atoms with Crippen LogP contribution in [0.1, 0.15) is 5.56 Å². The zero-order valence-electron chi connectivity index (χ0n) is 9.43. The number of phenols is 1. The minimum atomic E-state index is -0.709. The van der Waals surface area contributed by atoms with E-state index in [-0.39, 0.29) is 17.1 Å². The first-order valence-electron chi connectivity index (χ1n) is 4.69. The Morgan fingerprint density at radius 2 is 2.18 bits per heavy atom. The number of phenolic OH excluding ortho intramolecular Hbond substituents is 1. The van der Waals surface area contributed by atoms with Gasteiger partial charge in [-0.2, -0.15) is 5.26 Å². The number of carbonyl (C=O) groups is 1. The van der Waals surface area contributed by atoms with E-state index in [9.17, 15) is 9.90 Å². The van der Waals surface area contributed by atoms with Gasteiger partial charge in [0.25, 0.3) is 0 Å². The molecule has 0 aromatic heterocycles. The van der Waals surface area contributed by atoms with Crippen LogP contribution in [0.25, 0.3) is 6.08 Å². The molecule has 0 saturated heterocycles. The topological polar surface area (TPSA) is 79.6 Å². The first kappa shape index (κ1) is 12.6. The average molecular weight is 233 g/mol. The average Bonchev–Trinajstić information content (AvgIpc) is 2.36. The lowest BCUT2D eigenvalue weighted by Gasteiger charge is -2.04. The van der Waals surface area contributed by atoms with E-state index >= 15 is 0 Å². The minimum Gasteiger partial charge on any atom is -0.504 e. The highest BCUT2D eigenvalue weighted by Crippen LogP contribution is 2.27. The molecule has 5 heteroatoms. The number of methoxy groups -OCH3 is 2. The Balaban J connectivity index is 3.13. The van der Waals surface area contributed by atoms with Crippen LogP contribution in [0.15, 0.2) is 23.8 Å². The molecule has 0 amide bonds. The Labute approximate surface area is 98.5 Å². The summed E-state index contributed by atoms with van der Waals surface area (Å²) < 4.78 is 9.35. The first-order valence-corrected chi connectivity index (χ1v) is 4.69. The third-order valence-corrected chi connectivity index (χ3v) is 2.04. The summed E-state index contributed by atoms with van der Waals surface area (Å²) in [6.07, 6.45) is 1.35. The molecule has 1 rings (SSSR count). The number of nitriles is 1. The highest BCUT2D eigenvalue weighted by atomic mass is 16.5. The predicted molar refractivity (Wildman–Crippen MR) is 60.3 cm³/mol. The molecule has 1 N–H and O–H groups in total. The highest BCUT2D eigenvalue weighted by Gasteiger charge is 2.09. The van der Waals surface area contributed by atoms with Crippen LogP contribution in [-0.2, 0) is 9.53 Å². The summed E-state index contributed by atoms with van der Waals surface area (Å²) in [5, 5.41) is 18.1. The molecule has 0 fully saturated rings. The molecule has 5 nitrogen and oxygen atoms in total. The Kier molecular flexibility index (Phi) is 4.12. The van der Waals surface area contributed by atoms with Crippen LogP contribution < -0.4 is 4.74 Å². The van der Waals surface area contributed by atoms with Gasteiger partial charge in [0.15, 0.2) is 11.5 Å². The van der Waals surface area contributed by atoms with Crippen molar-refractivity contribution in [1.29, 1.82) is 5.26 Å². The van der Waals surface area contributed by atoms with Crippen molar-refractivity contribution in [3.8, 4) is 17.6 Å². The number of esters is 1. The number of hydrogen-bond donors (Lipinski definition) is 1. The molecule has 1 aromatic rings. The molecular weight excluding hydrogens is 222 g/mol. The summed E-state index contributed by atoms with van der Waals surface area (Å²) in [6, 6.07) is 6.21. The van der Waals surface area contributed by atoms with Crippen LogP contribution in [0.3, 0.4) is 0 Å². The van der Waals surface area contributed by atoms with Crippen molar-refractivity contribution in [3.63, 3.8) is 0 Å². The van der Waals surface area contributed by atoms with E-state index in [0.29, 0.717) is 5.56 Å². The lowest BCUT2D eigenvalue weighted by atomic mass is 10.1. The van der Waals surface area contributed by atoms with Crippen LogP contribution in [0.2, 0.25) is 0 Å². The van der Waals surface area contributed by atoms with Gasteiger partial charge in [0.2, 0.25) is 0 Å². The molecule has 1 aromatic carbocycles. The molecule has 0 bridgehead atoms. The summed E-state index contributed by atoms with van der Waals surface area (Å²) in [7, 11) is 2.61. The third kappa shape index (κ3) is 2.98. The summed E-state index contributed by atoms with van der Waals surface area (Å²) >= 11 is 0. The maximum Gasteiger partial charge on any atom is 0.348 e. The molecule has 17 heavy (non-hydrogen) atoms. The molecular formula is C12H11NO4. The van der Waals surface area contributed by atoms with Gasteiger partial charge in [0, 0.05) is 0 Å². The number of nitrogens with zero attached hydrogens (tertiary/aromatic N) is 1. The smallest absolute Gasteiger partial charge is 0.348 e. The van der Waals surface area contributed by atoms with Gasteiger partial charge in [-0.05, 0) is 23.8 Å². The third-order valence-electron chi connectivity index (χ3n) is 2.04. The highest BCUT2D eigenvalue weighted by molar-refractivity contribution is 5.97. The van der Waals surface area contributed by atoms with Crippen LogP contribution in [0, 0.1) is 11.3 Å². The molecule has 0 unspecified atom stereocenters. The van der Waals surface area contributed by atoms with Gasteiger partial charge in [-0.15, -0.1) is 0 Å². The molecule has 0 radical (unpaired) electrons. The maximum atomic E-state index is 11.2. The molecule has 0 heterocycles. The zero-order valence-corrected chi connectivity index (χ0v) is 9.43. The summed E-state index contributed by atoms with van der Waals surface area (Å²) in [4.78, 5) is 11.2. The van der Waals surface area contributed by atoms with Crippen LogP contribution in [-0.4, -0.2) is 25.3 Å². The van der Waals surface area contributed by atoms with Crippen molar-refractivity contribution >= 4 is 12.0 Å². The maximum absolute atomic E-state index is 11.2. The SMILES string of the molecule is COC(=O)/C(C#N)=C\c1ccc(O)c(OC)c1. The Bertz CT molecular complexity index is 500. The fraction of sp³-hybridized carbons (Fsp3) is 0.167. The molecule has 0 saturated carbocycles. The predicted octanol–water partition coefficient (Wildman–Crippen LogP) is 1.48. The largest absolute Gasteiger partial charge is 0.504 e. The van der Waals surface area contributed by atoms with Gasteiger partial charge in [-0.1, -0.05) is 6.07 Å². The van der Waals surface area contributed by atoms with Crippen molar-refractivity contribution < 1.29 is 19.4 Å². The normalized spacial score (nSPS) is 10.5. The Morgan fingerprint density at radius 1 is 1.47 bits per heavy atom. The second-order valence-electron chi connectivity index (χ2n) is 3.09. The van der Waals surface area contributed by atoms with E-state index in [2.05, 4.69) is 4.74 Å². The summed E-state index contributed by atoms with van der Waals surface area (Å²) in [5.74, 6) is -0.457. The fourth-order valence-electron chi connectivity index (χ4n) is 1.20. The second-order valence-corrected chi connectivity index (χ2v) is 3.09. The quantitative estimate of drug-likeness (QED) is 0.486. The fourth-order valence-corrected chi connectivity index (χ4v) is 1.20. The monoisotopic (exact) mass is 233 g/mol. The van der Waals surface area contributed by atoms with E-state index in [1.165, 1.54) is 32.4 Å². The van der Waals surface area contributed by atoms with Crippen LogP contribution >= 0.6 is 0 Å². The minimum absolute atomic E-state index is 0.0128. The zero-order chi connectivity index (χ0) is 12.8. The van der Waals surface area contributed by atoms with E-state index in [4.69, 9.17) is 10.00 Å². The number of ether oxygens (including phenoxy) is 2. The van der Waals surface area contributed by atoms with Gasteiger partial charge in [0.05, 0.1) is 14.2 Å². The standard InChI is InChI=1S/C12H11NO4/c1-16-11-6-8(3-4-10(11)14)5-9(7-13)12(15)17-2/h3-6,14H,1-2H3/b9-5-. The molecule has 0 aliphatic carbocycles. The number of carbonyl (C=O) groups excluding carboxylic acids is 1. The van der Waals surface area contributed by atoms with E-state index < -0.39 is 5.97 Å². The molecule has 0 spiro atoms.